The number of nitrogens with zero attached hydrogens (tertiary/aromatic N) is 5. The highest BCUT2D eigenvalue weighted by molar-refractivity contribution is 5.59. The van der Waals surface area contributed by atoms with Crippen LogP contribution in [0.2, 0.25) is 0 Å². The van der Waals surface area contributed by atoms with E-state index in [-0.39, 0.29) is 0 Å². The number of hydrogen-bond acceptors (Lipinski definition) is 4. The van der Waals surface area contributed by atoms with Crippen molar-refractivity contribution in [2.45, 2.75) is 33.1 Å². The van der Waals surface area contributed by atoms with Gasteiger partial charge in [0.1, 0.15) is 11.5 Å². The van der Waals surface area contributed by atoms with E-state index in [1.165, 1.54) is 17.7 Å². The Morgan fingerprint density at radius 2 is 2.23 bits per heavy atom. The van der Waals surface area contributed by atoms with E-state index in [0.29, 0.717) is 5.92 Å². The van der Waals surface area contributed by atoms with Gasteiger partial charge in [0.2, 0.25) is 0 Å². The van der Waals surface area contributed by atoms with Gasteiger partial charge in [0, 0.05) is 17.5 Å². The van der Waals surface area contributed by atoms with Crippen LogP contribution in [0.25, 0.3) is 17.3 Å². The summed E-state index contributed by atoms with van der Waals surface area (Å²) in [5.74, 6) is 2.93. The molecule has 112 valence electrons. The third-order valence-electron chi connectivity index (χ3n) is 4.18. The molecule has 1 N–H and O–H groups in total. The summed E-state index contributed by atoms with van der Waals surface area (Å²) >= 11 is 0. The Morgan fingerprint density at radius 3 is 3.05 bits per heavy atom. The molecule has 0 amide bonds. The normalized spacial score (nSPS) is 17.5. The zero-order valence-electron chi connectivity index (χ0n) is 12.7. The smallest absolute Gasteiger partial charge is 0.185 e. The molecule has 1 unspecified atom stereocenters. The van der Waals surface area contributed by atoms with Gasteiger partial charge in [-0.3, -0.25) is 5.10 Å². The van der Waals surface area contributed by atoms with Crippen molar-refractivity contribution in [3.63, 3.8) is 0 Å². The average Bonchev–Trinajstić information content (AvgIpc) is 3.11. The van der Waals surface area contributed by atoms with E-state index in [9.17, 15) is 0 Å². The lowest BCUT2D eigenvalue weighted by Crippen LogP contribution is -2.11. The van der Waals surface area contributed by atoms with Crippen LogP contribution in [0.1, 0.15) is 30.4 Å². The Labute approximate surface area is 128 Å². The van der Waals surface area contributed by atoms with Crippen LogP contribution in [-0.2, 0) is 12.8 Å². The van der Waals surface area contributed by atoms with Crippen molar-refractivity contribution in [3.05, 3.63) is 41.5 Å². The molecule has 0 fully saturated rings. The standard InChI is InChI=1S/C16H18N6/c1-10-6-7-13-12(9-10)15(20-19-13)16-18-11(2)21-22(16)14-5-3-4-8-17-14/h3-5,8,10H,6-7,9H2,1-2H3,(H,19,20). The molecule has 0 spiro atoms. The van der Waals surface area contributed by atoms with E-state index < -0.39 is 0 Å². The van der Waals surface area contributed by atoms with Gasteiger partial charge in [-0.05, 0) is 44.2 Å². The quantitative estimate of drug-likeness (QED) is 0.788. The second-order valence-electron chi connectivity index (χ2n) is 5.96. The zero-order chi connectivity index (χ0) is 15.1. The number of pyridine rings is 1. The highest BCUT2D eigenvalue weighted by Gasteiger charge is 2.25. The SMILES string of the molecule is Cc1nc(-c2n[nH]c3c2CC(C)CC3)n(-c2ccccn2)n1. The van der Waals surface area contributed by atoms with Crippen LogP contribution < -0.4 is 0 Å². The van der Waals surface area contributed by atoms with E-state index in [1.54, 1.807) is 10.9 Å². The minimum Gasteiger partial charge on any atom is -0.282 e. The third kappa shape index (κ3) is 2.11. The molecule has 6 heteroatoms. The summed E-state index contributed by atoms with van der Waals surface area (Å²) in [5, 5.41) is 12.2. The van der Waals surface area contributed by atoms with Crippen LogP contribution in [-0.4, -0.2) is 29.9 Å². The van der Waals surface area contributed by atoms with Gasteiger partial charge in [-0.25, -0.2) is 9.97 Å². The first-order valence-electron chi connectivity index (χ1n) is 7.64. The second-order valence-corrected chi connectivity index (χ2v) is 5.96. The highest BCUT2D eigenvalue weighted by atomic mass is 15.4. The molecule has 0 radical (unpaired) electrons. The van der Waals surface area contributed by atoms with Crippen LogP contribution in [0.3, 0.4) is 0 Å². The Kier molecular flexibility index (Phi) is 3.03. The first kappa shape index (κ1) is 13.2. The van der Waals surface area contributed by atoms with Crippen LogP contribution in [0.5, 0.6) is 0 Å². The number of fused-ring (bicyclic) bond motifs is 1. The largest absolute Gasteiger partial charge is 0.282 e. The minimum absolute atomic E-state index is 0.677. The van der Waals surface area contributed by atoms with E-state index in [4.69, 9.17) is 0 Å². The summed E-state index contributed by atoms with van der Waals surface area (Å²) in [6.07, 6.45) is 5.06. The lowest BCUT2D eigenvalue weighted by molar-refractivity contribution is 0.498. The van der Waals surface area contributed by atoms with Crippen molar-refractivity contribution in [2.75, 3.05) is 0 Å². The first-order valence-corrected chi connectivity index (χ1v) is 7.64. The predicted molar refractivity (Wildman–Crippen MR) is 82.7 cm³/mol. The van der Waals surface area contributed by atoms with Gasteiger partial charge < -0.3 is 0 Å². The van der Waals surface area contributed by atoms with Crippen molar-refractivity contribution < 1.29 is 0 Å². The van der Waals surface area contributed by atoms with E-state index >= 15 is 0 Å². The molecule has 0 saturated heterocycles. The summed E-state index contributed by atoms with van der Waals surface area (Å²) in [6.45, 7) is 4.18. The summed E-state index contributed by atoms with van der Waals surface area (Å²) in [6, 6.07) is 5.77. The van der Waals surface area contributed by atoms with Crippen molar-refractivity contribution in [1.82, 2.24) is 29.9 Å². The van der Waals surface area contributed by atoms with Crippen molar-refractivity contribution in [2.24, 2.45) is 5.92 Å². The van der Waals surface area contributed by atoms with Crippen LogP contribution in [0, 0.1) is 12.8 Å². The fraction of sp³-hybridized carbons (Fsp3) is 0.375. The molecule has 0 bridgehead atoms. The zero-order valence-corrected chi connectivity index (χ0v) is 12.7. The van der Waals surface area contributed by atoms with Crippen molar-refractivity contribution in [3.8, 4) is 17.3 Å². The molecule has 3 aromatic heterocycles. The lowest BCUT2D eigenvalue weighted by atomic mass is 9.87. The minimum atomic E-state index is 0.677. The fourth-order valence-corrected chi connectivity index (χ4v) is 3.06. The van der Waals surface area contributed by atoms with E-state index in [0.717, 1.165) is 36.0 Å². The molecule has 0 aliphatic heterocycles. The van der Waals surface area contributed by atoms with E-state index in [2.05, 4.69) is 32.2 Å². The van der Waals surface area contributed by atoms with Gasteiger partial charge >= 0.3 is 0 Å². The lowest BCUT2D eigenvalue weighted by Gasteiger charge is -2.18. The van der Waals surface area contributed by atoms with E-state index in [1.807, 2.05) is 25.1 Å². The average molecular weight is 294 g/mol. The van der Waals surface area contributed by atoms with Crippen LogP contribution in [0.15, 0.2) is 24.4 Å². The van der Waals surface area contributed by atoms with Gasteiger partial charge in [0.25, 0.3) is 0 Å². The maximum atomic E-state index is 4.59. The summed E-state index contributed by atoms with van der Waals surface area (Å²) in [4.78, 5) is 8.97. The summed E-state index contributed by atoms with van der Waals surface area (Å²) in [7, 11) is 0. The molecule has 0 aromatic carbocycles. The number of rotatable bonds is 2. The fourth-order valence-electron chi connectivity index (χ4n) is 3.06. The molecule has 3 heterocycles. The van der Waals surface area contributed by atoms with Crippen LogP contribution >= 0.6 is 0 Å². The predicted octanol–water partition coefficient (Wildman–Crippen LogP) is 2.49. The molecule has 1 atom stereocenters. The molecule has 1 aliphatic rings. The molecule has 22 heavy (non-hydrogen) atoms. The number of aromatic amines is 1. The third-order valence-corrected chi connectivity index (χ3v) is 4.18. The molecular weight excluding hydrogens is 276 g/mol. The van der Waals surface area contributed by atoms with Gasteiger partial charge in [-0.2, -0.15) is 9.78 Å². The molecular formula is C16H18N6. The summed E-state index contributed by atoms with van der Waals surface area (Å²) in [5.41, 5.74) is 3.43. The maximum Gasteiger partial charge on any atom is 0.185 e. The Morgan fingerprint density at radius 1 is 1.32 bits per heavy atom. The summed E-state index contributed by atoms with van der Waals surface area (Å²) < 4.78 is 1.78. The molecule has 4 rings (SSSR count). The monoisotopic (exact) mass is 294 g/mol. The number of aromatic nitrogens is 6. The highest BCUT2D eigenvalue weighted by Crippen LogP contribution is 2.31. The maximum absolute atomic E-state index is 4.59. The molecule has 6 nitrogen and oxygen atoms in total. The van der Waals surface area contributed by atoms with Gasteiger partial charge in [-0.1, -0.05) is 13.0 Å². The Balaban J connectivity index is 1.86. The Hall–Kier alpha value is -2.50. The first-order chi connectivity index (χ1) is 10.7. The number of hydrogen-bond donors (Lipinski definition) is 1. The molecule has 3 aromatic rings. The van der Waals surface area contributed by atoms with Crippen molar-refractivity contribution in [1.29, 1.82) is 0 Å². The van der Waals surface area contributed by atoms with Gasteiger partial charge in [0.05, 0.1) is 0 Å². The van der Waals surface area contributed by atoms with Crippen molar-refractivity contribution >= 4 is 0 Å². The van der Waals surface area contributed by atoms with Gasteiger partial charge in [-0.15, -0.1) is 5.10 Å². The molecule has 1 aliphatic carbocycles. The number of nitrogens with one attached hydrogen (secondary N) is 1. The number of H-pyrrole nitrogens is 1. The molecule has 0 saturated carbocycles. The number of aryl methyl sites for hydroxylation is 2. The topological polar surface area (TPSA) is 72.3 Å². The second kappa shape index (κ2) is 5.05. The Bertz CT molecular complexity index is 801. The van der Waals surface area contributed by atoms with Crippen LogP contribution in [0.4, 0.5) is 0 Å². The van der Waals surface area contributed by atoms with Gasteiger partial charge in [0.15, 0.2) is 11.6 Å².